The molecule has 63 heavy (non-hydrogen) atoms. The van der Waals surface area contributed by atoms with Gasteiger partial charge in [0.15, 0.2) is 0 Å². The number of benzene rings is 7. The Bertz CT molecular complexity index is 3200. The number of aromatic nitrogens is 2. The molecule has 2 unspecified atom stereocenters. The van der Waals surface area contributed by atoms with Crippen LogP contribution in [0.15, 0.2) is 194 Å². The summed E-state index contributed by atoms with van der Waals surface area (Å²) in [7, 11) is 0. The highest BCUT2D eigenvalue weighted by Gasteiger charge is 2.46. The Morgan fingerprint density at radius 2 is 1.22 bits per heavy atom. The van der Waals surface area contributed by atoms with Gasteiger partial charge in [0.25, 0.3) is 0 Å². The van der Waals surface area contributed by atoms with Gasteiger partial charge >= 0.3 is 0 Å². The first kappa shape index (κ1) is 37.6. The summed E-state index contributed by atoms with van der Waals surface area (Å²) in [6, 6.07) is 67.7. The summed E-state index contributed by atoms with van der Waals surface area (Å²) in [5.74, 6) is 0.946. The molecule has 0 bridgehead atoms. The zero-order valence-electron chi connectivity index (χ0n) is 36.0. The first-order valence-corrected chi connectivity index (χ1v) is 22.8. The van der Waals surface area contributed by atoms with Gasteiger partial charge in [0.2, 0.25) is 0 Å². The molecule has 12 rings (SSSR count). The molecule has 2 heteroatoms. The van der Waals surface area contributed by atoms with Gasteiger partial charge in [0.05, 0.1) is 10.9 Å². The van der Waals surface area contributed by atoms with Gasteiger partial charge in [-0.2, -0.15) is 0 Å². The first-order valence-electron chi connectivity index (χ1n) is 22.8. The second-order valence-corrected chi connectivity index (χ2v) is 17.9. The van der Waals surface area contributed by atoms with E-state index in [2.05, 4.69) is 229 Å². The fourth-order valence-corrected chi connectivity index (χ4v) is 12.0. The topological polar surface area (TPSA) is 9.86 Å². The molecule has 0 spiro atoms. The van der Waals surface area contributed by atoms with Gasteiger partial charge < -0.3 is 9.13 Å². The van der Waals surface area contributed by atoms with Gasteiger partial charge in [-0.3, -0.25) is 0 Å². The van der Waals surface area contributed by atoms with E-state index in [1.54, 1.807) is 0 Å². The van der Waals surface area contributed by atoms with Gasteiger partial charge in [-0.15, -0.1) is 0 Å². The highest BCUT2D eigenvalue weighted by Crippen LogP contribution is 2.56. The van der Waals surface area contributed by atoms with E-state index in [1.807, 2.05) is 0 Å². The minimum atomic E-state index is -0.440. The molecule has 9 aromatic rings. The van der Waals surface area contributed by atoms with Crippen LogP contribution in [-0.2, 0) is 24.7 Å². The number of fused-ring (bicyclic) bond motifs is 7. The van der Waals surface area contributed by atoms with E-state index < -0.39 is 5.41 Å². The average Bonchev–Trinajstić information content (AvgIpc) is 3.94. The lowest BCUT2D eigenvalue weighted by Gasteiger charge is -2.34. The lowest BCUT2D eigenvalue weighted by molar-refractivity contribution is 0.341. The molecule has 0 radical (unpaired) electrons. The zero-order chi connectivity index (χ0) is 42.1. The van der Waals surface area contributed by atoms with Crippen molar-refractivity contribution >= 4 is 23.1 Å². The zero-order valence-corrected chi connectivity index (χ0v) is 36.0. The Labute approximate surface area is 371 Å². The minimum Gasteiger partial charge on any atom is -0.317 e. The number of hydrogen-bond acceptors (Lipinski definition) is 0. The smallest absolute Gasteiger partial charge is 0.0713 e. The van der Waals surface area contributed by atoms with Crippen LogP contribution < -0.4 is 0 Å². The molecule has 0 saturated heterocycles. The van der Waals surface area contributed by atoms with Crippen LogP contribution in [0.2, 0.25) is 0 Å². The Kier molecular flexibility index (Phi) is 8.97. The third kappa shape index (κ3) is 5.77. The molecule has 0 N–H and O–H groups in total. The molecule has 3 aliphatic rings. The van der Waals surface area contributed by atoms with E-state index in [-0.39, 0.29) is 0 Å². The van der Waals surface area contributed by atoms with Crippen molar-refractivity contribution in [2.75, 3.05) is 0 Å². The molecule has 2 atom stereocenters. The number of nitrogens with zero attached hydrogens (tertiary/aromatic N) is 2. The molecule has 0 aliphatic heterocycles. The SMILES string of the molecule is C/C=C\c1c2c(n(-c3cccc(-c4ccccc4)c3)c1C)CC(C1C=Cc3c(n(-c4ccccc4)c4ccc(C5(c6ccccc6)c6ccccc6-c6ccccc65)cc34)C1)CC2. The van der Waals surface area contributed by atoms with Gasteiger partial charge in [-0.1, -0.05) is 170 Å². The van der Waals surface area contributed by atoms with Crippen LogP contribution in [0.4, 0.5) is 0 Å². The maximum Gasteiger partial charge on any atom is 0.0713 e. The summed E-state index contributed by atoms with van der Waals surface area (Å²) in [6.45, 7) is 4.47. The Balaban J connectivity index is 0.982. The van der Waals surface area contributed by atoms with Crippen LogP contribution in [0.3, 0.4) is 0 Å². The van der Waals surface area contributed by atoms with E-state index in [4.69, 9.17) is 0 Å². The molecule has 0 amide bonds. The third-order valence-electron chi connectivity index (χ3n) is 14.7. The first-order chi connectivity index (χ1) is 31.1. The summed E-state index contributed by atoms with van der Waals surface area (Å²) < 4.78 is 5.17. The molecular weight excluding hydrogens is 761 g/mol. The highest BCUT2D eigenvalue weighted by atomic mass is 15.0. The third-order valence-corrected chi connectivity index (χ3v) is 14.7. The van der Waals surface area contributed by atoms with Crippen LogP contribution in [0.25, 0.3) is 56.7 Å². The average molecular weight is 811 g/mol. The molecule has 304 valence electrons. The maximum absolute atomic E-state index is 2.59. The van der Waals surface area contributed by atoms with Crippen LogP contribution in [0, 0.1) is 18.8 Å². The normalized spacial score (nSPS) is 17.1. The number of para-hydroxylation sites is 1. The molecular formula is C61H50N2. The van der Waals surface area contributed by atoms with Gasteiger partial charge in [0, 0.05) is 39.4 Å². The number of allylic oxidation sites excluding steroid dienone is 2. The van der Waals surface area contributed by atoms with Crippen molar-refractivity contribution in [1.82, 2.24) is 9.13 Å². The van der Waals surface area contributed by atoms with Gasteiger partial charge in [-0.05, 0) is 143 Å². The molecule has 0 saturated carbocycles. The summed E-state index contributed by atoms with van der Waals surface area (Å²) in [6.07, 6.45) is 14.0. The Morgan fingerprint density at radius 3 is 1.95 bits per heavy atom. The lowest BCUT2D eigenvalue weighted by Crippen LogP contribution is -2.28. The summed E-state index contributed by atoms with van der Waals surface area (Å²) in [5.41, 5.74) is 22.3. The summed E-state index contributed by atoms with van der Waals surface area (Å²) >= 11 is 0. The summed E-state index contributed by atoms with van der Waals surface area (Å²) in [4.78, 5) is 0. The lowest BCUT2D eigenvalue weighted by atomic mass is 9.67. The van der Waals surface area contributed by atoms with Crippen molar-refractivity contribution in [2.45, 2.75) is 44.9 Å². The highest BCUT2D eigenvalue weighted by molar-refractivity contribution is 5.96. The van der Waals surface area contributed by atoms with Crippen LogP contribution >= 0.6 is 0 Å². The molecule has 0 fully saturated rings. The van der Waals surface area contributed by atoms with Crippen LogP contribution in [0.5, 0.6) is 0 Å². The van der Waals surface area contributed by atoms with Crippen molar-refractivity contribution in [3.05, 3.63) is 250 Å². The van der Waals surface area contributed by atoms with Gasteiger partial charge in [0.1, 0.15) is 0 Å². The monoisotopic (exact) mass is 810 g/mol. The Morgan fingerprint density at radius 1 is 0.571 bits per heavy atom. The van der Waals surface area contributed by atoms with E-state index >= 15 is 0 Å². The number of rotatable bonds is 7. The predicted molar refractivity (Wildman–Crippen MR) is 263 cm³/mol. The fraction of sp³-hybridized carbons (Fsp3) is 0.148. The van der Waals surface area contributed by atoms with E-state index in [9.17, 15) is 0 Å². The molecule has 7 aromatic carbocycles. The standard InChI is InChI=1S/C61H50N2/c1-3-18-50-41(2)62(49-26-17-21-43(37-49)42-19-7-4-8-20-42)59-38-44(31-34-53(50)59)45-32-35-54-55-40-47(33-36-58(55)63(60(54)39-45)48-24-11-6-12-25-48)61(46-22-9-5-10-23-46)56-29-15-13-27-51(56)52-28-14-16-30-57(52)61/h3-30,32-33,35-37,40,44-45H,31,34,38-39H2,1-2H3/b18-3-. The molecule has 2 nitrogen and oxygen atoms in total. The van der Waals surface area contributed by atoms with E-state index in [0.29, 0.717) is 11.8 Å². The second kappa shape index (κ2) is 15.0. The van der Waals surface area contributed by atoms with E-state index in [0.717, 1.165) is 19.3 Å². The largest absolute Gasteiger partial charge is 0.317 e. The second-order valence-electron chi connectivity index (χ2n) is 17.9. The fourth-order valence-electron chi connectivity index (χ4n) is 12.0. The van der Waals surface area contributed by atoms with Crippen LogP contribution in [-0.4, -0.2) is 9.13 Å². The van der Waals surface area contributed by atoms with E-state index in [1.165, 1.54) is 107 Å². The molecule has 2 aromatic heterocycles. The van der Waals surface area contributed by atoms with Crippen molar-refractivity contribution in [1.29, 1.82) is 0 Å². The quantitative estimate of drug-likeness (QED) is 0.152. The van der Waals surface area contributed by atoms with Gasteiger partial charge in [-0.25, -0.2) is 0 Å². The predicted octanol–water partition coefficient (Wildman–Crippen LogP) is 14.8. The minimum absolute atomic E-state index is 0.422. The Hall–Kier alpha value is -7.16. The van der Waals surface area contributed by atoms with Crippen molar-refractivity contribution in [3.8, 4) is 33.6 Å². The van der Waals surface area contributed by atoms with Crippen molar-refractivity contribution < 1.29 is 0 Å². The molecule has 3 aliphatic carbocycles. The van der Waals surface area contributed by atoms with Crippen LogP contribution in [0.1, 0.15) is 69.4 Å². The maximum atomic E-state index is 2.59. The molecule has 2 heterocycles. The van der Waals surface area contributed by atoms with Crippen molar-refractivity contribution in [2.24, 2.45) is 11.8 Å². The summed E-state index contributed by atoms with van der Waals surface area (Å²) in [5, 5.41) is 1.32. The number of hydrogen-bond donors (Lipinski definition) is 0. The van der Waals surface area contributed by atoms with Crippen molar-refractivity contribution in [3.63, 3.8) is 0 Å².